The van der Waals surface area contributed by atoms with E-state index in [0.29, 0.717) is 11.5 Å². The number of fused-ring (bicyclic) bond motifs is 1. The Balaban J connectivity index is 1.88. The molecule has 0 saturated heterocycles. The number of rotatable bonds is 6. The zero-order chi connectivity index (χ0) is 16.9. The number of pyridine rings is 1. The molecule has 0 aromatic carbocycles. The summed E-state index contributed by atoms with van der Waals surface area (Å²) in [6.07, 6.45) is 6.28. The molecule has 124 valence electrons. The minimum Gasteiger partial charge on any atom is -0.341 e. The van der Waals surface area contributed by atoms with Crippen molar-refractivity contribution < 1.29 is 4.79 Å². The number of carbonyl (C=O) groups excluding carboxylic acids is 1. The third kappa shape index (κ3) is 3.53. The lowest BCUT2D eigenvalue weighted by Crippen LogP contribution is -2.31. The number of hydrogen-bond donors (Lipinski definition) is 1. The van der Waals surface area contributed by atoms with Crippen molar-refractivity contribution in [2.45, 2.75) is 19.4 Å². The number of aryl methyl sites for hydroxylation is 1. The highest BCUT2D eigenvalue weighted by Gasteiger charge is 2.21. The van der Waals surface area contributed by atoms with Crippen molar-refractivity contribution >= 4 is 23.3 Å². The molecular formula is C16H18N6OS. The van der Waals surface area contributed by atoms with Gasteiger partial charge >= 0.3 is 0 Å². The number of carbonyl (C=O) groups is 1. The van der Waals surface area contributed by atoms with E-state index in [9.17, 15) is 4.79 Å². The Morgan fingerprint density at radius 3 is 3.00 bits per heavy atom. The summed E-state index contributed by atoms with van der Waals surface area (Å²) in [4.78, 5) is 20.7. The van der Waals surface area contributed by atoms with Crippen LogP contribution in [-0.4, -0.2) is 42.5 Å². The van der Waals surface area contributed by atoms with E-state index in [1.807, 2.05) is 35.1 Å². The van der Waals surface area contributed by atoms with E-state index in [-0.39, 0.29) is 11.9 Å². The molecule has 0 bridgehead atoms. The van der Waals surface area contributed by atoms with E-state index in [2.05, 4.69) is 25.5 Å². The van der Waals surface area contributed by atoms with Crippen LogP contribution < -0.4 is 5.32 Å². The highest BCUT2D eigenvalue weighted by molar-refractivity contribution is 7.98. The van der Waals surface area contributed by atoms with Gasteiger partial charge in [0.05, 0.1) is 6.04 Å². The van der Waals surface area contributed by atoms with Crippen LogP contribution in [-0.2, 0) is 0 Å². The molecule has 3 rings (SSSR count). The van der Waals surface area contributed by atoms with Crippen LogP contribution >= 0.6 is 11.8 Å². The van der Waals surface area contributed by atoms with Crippen LogP contribution in [0.2, 0.25) is 0 Å². The zero-order valence-electron chi connectivity index (χ0n) is 13.5. The van der Waals surface area contributed by atoms with Crippen LogP contribution in [0.4, 0.5) is 0 Å². The predicted molar refractivity (Wildman–Crippen MR) is 93.0 cm³/mol. The average molecular weight is 342 g/mol. The fourth-order valence-electron chi connectivity index (χ4n) is 2.41. The summed E-state index contributed by atoms with van der Waals surface area (Å²) in [6, 6.07) is 7.08. The quantitative estimate of drug-likeness (QED) is 0.738. The van der Waals surface area contributed by atoms with Crippen LogP contribution in [0.3, 0.4) is 0 Å². The van der Waals surface area contributed by atoms with E-state index >= 15 is 0 Å². The second-order valence-electron chi connectivity index (χ2n) is 5.28. The molecule has 1 atom stereocenters. The van der Waals surface area contributed by atoms with Crippen molar-refractivity contribution in [3.63, 3.8) is 0 Å². The maximum atomic E-state index is 12.5. The number of nitrogens with zero attached hydrogens (tertiary/aromatic N) is 5. The Kier molecular flexibility index (Phi) is 5.05. The van der Waals surface area contributed by atoms with E-state index in [1.165, 1.54) is 0 Å². The van der Waals surface area contributed by atoms with Crippen LogP contribution in [0.5, 0.6) is 0 Å². The van der Waals surface area contributed by atoms with Gasteiger partial charge in [-0.2, -0.15) is 11.8 Å². The maximum absolute atomic E-state index is 12.5. The van der Waals surface area contributed by atoms with Crippen LogP contribution in [0, 0.1) is 6.92 Å². The van der Waals surface area contributed by atoms with Crippen molar-refractivity contribution in [1.82, 2.24) is 29.9 Å². The Bertz CT molecular complexity index is 849. The Morgan fingerprint density at radius 1 is 1.33 bits per heavy atom. The summed E-state index contributed by atoms with van der Waals surface area (Å²) in [6.45, 7) is 1.76. The number of thioether (sulfide) groups is 1. The molecule has 1 amide bonds. The monoisotopic (exact) mass is 342 g/mol. The molecule has 0 fully saturated rings. The van der Waals surface area contributed by atoms with Gasteiger partial charge in [0, 0.05) is 12.4 Å². The summed E-state index contributed by atoms with van der Waals surface area (Å²) in [7, 11) is 0. The molecule has 3 aromatic rings. The summed E-state index contributed by atoms with van der Waals surface area (Å²) < 4.78 is 1.90. The molecule has 3 heterocycles. The zero-order valence-corrected chi connectivity index (χ0v) is 14.3. The highest BCUT2D eigenvalue weighted by atomic mass is 32.2. The smallest absolute Gasteiger partial charge is 0.270 e. The molecule has 1 unspecified atom stereocenters. The van der Waals surface area contributed by atoms with Gasteiger partial charge in [-0.3, -0.25) is 9.20 Å². The Hall–Kier alpha value is -2.48. The van der Waals surface area contributed by atoms with Crippen molar-refractivity contribution in [3.05, 3.63) is 54.0 Å². The van der Waals surface area contributed by atoms with Crippen LogP contribution in [0.15, 0.2) is 36.7 Å². The molecule has 0 radical (unpaired) electrons. The maximum Gasteiger partial charge on any atom is 0.270 e. The van der Waals surface area contributed by atoms with Gasteiger partial charge in [0.25, 0.3) is 5.91 Å². The van der Waals surface area contributed by atoms with Gasteiger partial charge in [0.15, 0.2) is 11.5 Å². The highest BCUT2D eigenvalue weighted by Crippen LogP contribution is 2.18. The number of amides is 1. The minimum absolute atomic E-state index is 0.237. The first-order valence-corrected chi connectivity index (χ1v) is 8.97. The molecule has 7 nitrogen and oxygen atoms in total. The van der Waals surface area contributed by atoms with Gasteiger partial charge < -0.3 is 5.32 Å². The lowest BCUT2D eigenvalue weighted by molar-refractivity contribution is 0.0928. The number of aromatic nitrogens is 5. The van der Waals surface area contributed by atoms with Crippen LogP contribution in [0.1, 0.15) is 34.6 Å². The lowest BCUT2D eigenvalue weighted by Gasteiger charge is -2.16. The van der Waals surface area contributed by atoms with E-state index < -0.39 is 0 Å². The normalized spacial score (nSPS) is 12.2. The Labute approximate surface area is 143 Å². The van der Waals surface area contributed by atoms with Crippen molar-refractivity contribution in [2.24, 2.45) is 0 Å². The van der Waals surface area contributed by atoms with Gasteiger partial charge in [0.1, 0.15) is 11.5 Å². The minimum atomic E-state index is -0.238. The van der Waals surface area contributed by atoms with Gasteiger partial charge in [-0.05, 0) is 43.6 Å². The lowest BCUT2D eigenvalue weighted by atomic mass is 10.2. The summed E-state index contributed by atoms with van der Waals surface area (Å²) in [5.41, 5.74) is 1.11. The number of nitrogens with one attached hydrogen (secondary N) is 1. The molecule has 0 aliphatic carbocycles. The van der Waals surface area contributed by atoms with E-state index in [0.717, 1.165) is 23.6 Å². The molecular weight excluding hydrogens is 324 g/mol. The second-order valence-corrected chi connectivity index (χ2v) is 6.27. The number of hydrogen-bond acceptors (Lipinski definition) is 6. The van der Waals surface area contributed by atoms with Gasteiger partial charge in [-0.15, -0.1) is 10.2 Å². The first-order chi connectivity index (χ1) is 11.7. The summed E-state index contributed by atoms with van der Waals surface area (Å²) in [5, 5.41) is 11.5. The molecule has 8 heteroatoms. The van der Waals surface area contributed by atoms with Crippen molar-refractivity contribution in [1.29, 1.82) is 0 Å². The van der Waals surface area contributed by atoms with Gasteiger partial charge in [0.2, 0.25) is 0 Å². The van der Waals surface area contributed by atoms with Crippen LogP contribution in [0.25, 0.3) is 5.65 Å². The van der Waals surface area contributed by atoms with Gasteiger partial charge in [-0.25, -0.2) is 9.97 Å². The standard InChI is InChI=1S/C16H18N6OS/c1-11-17-8-6-13(18-11)16(23)19-12(7-10-24-2)15-21-20-14-5-3-4-9-22(14)15/h3-6,8-9,12H,7,10H2,1-2H3,(H,19,23). The third-order valence-electron chi connectivity index (χ3n) is 3.58. The molecule has 1 N–H and O–H groups in total. The largest absolute Gasteiger partial charge is 0.341 e. The first-order valence-electron chi connectivity index (χ1n) is 7.58. The molecule has 3 aromatic heterocycles. The fourth-order valence-corrected chi connectivity index (χ4v) is 2.89. The third-order valence-corrected chi connectivity index (χ3v) is 4.22. The summed E-state index contributed by atoms with van der Waals surface area (Å²) in [5.74, 6) is 1.95. The Morgan fingerprint density at radius 2 is 2.21 bits per heavy atom. The van der Waals surface area contributed by atoms with E-state index in [4.69, 9.17) is 0 Å². The predicted octanol–water partition coefficient (Wildman–Crippen LogP) is 2.05. The van der Waals surface area contributed by atoms with Gasteiger partial charge in [-0.1, -0.05) is 6.07 Å². The molecule has 0 aliphatic rings. The van der Waals surface area contributed by atoms with Crippen molar-refractivity contribution in [3.8, 4) is 0 Å². The summed E-state index contributed by atoms with van der Waals surface area (Å²) >= 11 is 1.72. The fraction of sp³-hybridized carbons (Fsp3) is 0.312. The van der Waals surface area contributed by atoms with E-state index in [1.54, 1.807) is 30.9 Å². The molecule has 0 saturated carbocycles. The average Bonchev–Trinajstić information content (AvgIpc) is 3.02. The first kappa shape index (κ1) is 16.4. The molecule has 0 aliphatic heterocycles. The van der Waals surface area contributed by atoms with Crippen molar-refractivity contribution in [2.75, 3.05) is 12.0 Å². The second kappa shape index (κ2) is 7.39. The SMILES string of the molecule is CSCCC(NC(=O)c1ccnc(C)n1)c1nnc2ccccn12. The molecule has 24 heavy (non-hydrogen) atoms. The molecule has 0 spiro atoms. The topological polar surface area (TPSA) is 85.1 Å².